The Morgan fingerprint density at radius 2 is 1.70 bits per heavy atom. The van der Waals surface area contributed by atoms with Gasteiger partial charge in [-0.2, -0.15) is 13.2 Å². The first-order chi connectivity index (χ1) is 10.8. The van der Waals surface area contributed by atoms with Crippen LogP contribution in [0.1, 0.15) is 11.1 Å². The van der Waals surface area contributed by atoms with Gasteiger partial charge >= 0.3 is 25.2 Å². The fourth-order valence-corrected chi connectivity index (χ4v) is 2.02. The smallest absolute Gasteiger partial charge is 0.495 e. The number of likely N-dealkylation sites (N-methyl/N-ethyl adjacent to an activating group) is 1. The second kappa shape index (κ2) is 6.87. The number of carbonyl (C=O) groups excluding carboxylic acids is 2. The zero-order chi connectivity index (χ0) is 17.0. The molecule has 23 heavy (non-hydrogen) atoms. The maximum absolute atomic E-state index is 12.9. The van der Waals surface area contributed by atoms with Crippen molar-refractivity contribution in [1.29, 1.82) is 0 Å². The van der Waals surface area contributed by atoms with Gasteiger partial charge < -0.3 is 9.31 Å². The van der Waals surface area contributed by atoms with Gasteiger partial charge in [0.05, 0.1) is 18.7 Å². The molecule has 0 unspecified atom stereocenters. The molecule has 1 fully saturated rings. The SMILES string of the molecule is CN1CC(=O)OB(/C=C/c2ccccc2C(F)(F)F)OC(=O)C1. The molecular formula is C14H13BF3NO4. The highest BCUT2D eigenvalue weighted by molar-refractivity contribution is 6.55. The molecule has 0 spiro atoms. The molecule has 1 aromatic rings. The van der Waals surface area contributed by atoms with Gasteiger partial charge in [0.2, 0.25) is 0 Å². The third-order valence-corrected chi connectivity index (χ3v) is 2.99. The van der Waals surface area contributed by atoms with E-state index in [0.717, 1.165) is 18.1 Å². The van der Waals surface area contributed by atoms with Crippen LogP contribution in [0.4, 0.5) is 13.2 Å². The normalized spacial score (nSPS) is 17.7. The van der Waals surface area contributed by atoms with E-state index < -0.39 is 30.8 Å². The number of nitrogens with zero attached hydrogens (tertiary/aromatic N) is 1. The van der Waals surface area contributed by atoms with Crippen LogP contribution in [0.3, 0.4) is 0 Å². The summed E-state index contributed by atoms with van der Waals surface area (Å²) in [5, 5.41) is 0. The molecule has 1 saturated heterocycles. The Morgan fingerprint density at radius 1 is 1.13 bits per heavy atom. The third-order valence-electron chi connectivity index (χ3n) is 2.99. The lowest BCUT2D eigenvalue weighted by Gasteiger charge is -2.21. The molecule has 0 amide bonds. The molecule has 1 heterocycles. The lowest BCUT2D eigenvalue weighted by molar-refractivity contribution is -0.145. The predicted molar refractivity (Wildman–Crippen MR) is 75.9 cm³/mol. The molecule has 0 atom stereocenters. The predicted octanol–water partition coefficient (Wildman–Crippen LogP) is 1.78. The summed E-state index contributed by atoms with van der Waals surface area (Å²) < 4.78 is 48.4. The van der Waals surface area contributed by atoms with Gasteiger partial charge in [-0.15, -0.1) is 0 Å². The Balaban J connectivity index is 2.19. The molecule has 5 nitrogen and oxygen atoms in total. The van der Waals surface area contributed by atoms with E-state index in [2.05, 4.69) is 0 Å². The second-order valence-electron chi connectivity index (χ2n) is 4.96. The van der Waals surface area contributed by atoms with Gasteiger partial charge in [0.15, 0.2) is 0 Å². The fraction of sp³-hybridized carbons (Fsp3) is 0.286. The van der Waals surface area contributed by atoms with E-state index in [-0.39, 0.29) is 18.7 Å². The lowest BCUT2D eigenvalue weighted by atomic mass is 9.87. The lowest BCUT2D eigenvalue weighted by Crippen LogP contribution is -2.41. The van der Waals surface area contributed by atoms with Crippen molar-refractivity contribution in [3.8, 4) is 0 Å². The molecule has 122 valence electrons. The third kappa shape index (κ3) is 4.85. The first-order valence-corrected chi connectivity index (χ1v) is 6.67. The van der Waals surface area contributed by atoms with Gasteiger partial charge in [-0.1, -0.05) is 24.3 Å². The quantitative estimate of drug-likeness (QED) is 0.775. The maximum Gasteiger partial charge on any atom is 0.628 e. The van der Waals surface area contributed by atoms with Gasteiger partial charge in [0.25, 0.3) is 0 Å². The fourth-order valence-electron chi connectivity index (χ4n) is 2.02. The molecule has 2 rings (SSSR count). The molecule has 0 aliphatic carbocycles. The van der Waals surface area contributed by atoms with Gasteiger partial charge in [0, 0.05) is 0 Å². The molecule has 9 heteroatoms. The van der Waals surface area contributed by atoms with E-state index in [9.17, 15) is 22.8 Å². The van der Waals surface area contributed by atoms with Crippen LogP contribution in [0.5, 0.6) is 0 Å². The van der Waals surface area contributed by atoms with E-state index >= 15 is 0 Å². The summed E-state index contributed by atoms with van der Waals surface area (Å²) in [6.07, 6.45) is -3.41. The van der Waals surface area contributed by atoms with Crippen LogP contribution in [0.15, 0.2) is 30.2 Å². The molecule has 0 saturated carbocycles. The Bertz CT molecular complexity index is 613. The summed E-state index contributed by atoms with van der Waals surface area (Å²) >= 11 is 0. The number of hydrogen-bond acceptors (Lipinski definition) is 5. The number of alkyl halides is 3. The van der Waals surface area contributed by atoms with Crippen molar-refractivity contribution >= 4 is 25.1 Å². The van der Waals surface area contributed by atoms with Gasteiger partial charge in [-0.25, -0.2) is 0 Å². The number of rotatable bonds is 2. The number of halogens is 3. The molecule has 0 N–H and O–H groups in total. The molecule has 0 radical (unpaired) electrons. The van der Waals surface area contributed by atoms with Crippen molar-refractivity contribution in [3.63, 3.8) is 0 Å². The zero-order valence-electron chi connectivity index (χ0n) is 12.2. The standard InChI is InChI=1S/C14H13BF3NO4/c1-19-8-12(20)22-15(23-13(21)9-19)7-6-10-4-2-3-5-11(10)14(16,17)18/h2-7H,8-9H2,1H3/b7-6+. The van der Waals surface area contributed by atoms with Crippen molar-refractivity contribution in [2.24, 2.45) is 0 Å². The van der Waals surface area contributed by atoms with Gasteiger partial charge in [-0.05, 0) is 24.7 Å². The zero-order valence-corrected chi connectivity index (χ0v) is 12.2. The van der Waals surface area contributed by atoms with Crippen molar-refractivity contribution in [2.75, 3.05) is 20.1 Å². The summed E-state index contributed by atoms with van der Waals surface area (Å²) in [4.78, 5) is 24.5. The van der Waals surface area contributed by atoms with Crippen LogP contribution in [-0.2, 0) is 25.1 Å². The number of benzene rings is 1. The number of carbonyl (C=O) groups is 2. The summed E-state index contributed by atoms with van der Waals surface area (Å²) in [5.74, 6) is -0.177. The van der Waals surface area contributed by atoms with Gasteiger partial charge in [0.1, 0.15) is 0 Å². The van der Waals surface area contributed by atoms with Crippen molar-refractivity contribution < 1.29 is 32.1 Å². The molecule has 1 aliphatic rings. The van der Waals surface area contributed by atoms with Crippen LogP contribution in [0.25, 0.3) is 6.08 Å². The summed E-state index contributed by atoms with van der Waals surface area (Å²) in [6.45, 7) is -0.225. The molecule has 0 aromatic heterocycles. The second-order valence-corrected chi connectivity index (χ2v) is 4.96. The average molecular weight is 327 g/mol. The Hall–Kier alpha value is -2.29. The van der Waals surface area contributed by atoms with Crippen LogP contribution in [0.2, 0.25) is 0 Å². The first kappa shape index (κ1) is 17.1. The first-order valence-electron chi connectivity index (χ1n) is 6.67. The van der Waals surface area contributed by atoms with Crippen molar-refractivity contribution in [3.05, 3.63) is 41.4 Å². The van der Waals surface area contributed by atoms with E-state index in [1.165, 1.54) is 30.1 Å². The van der Waals surface area contributed by atoms with Crippen LogP contribution >= 0.6 is 0 Å². The van der Waals surface area contributed by atoms with E-state index in [1.54, 1.807) is 0 Å². The Morgan fingerprint density at radius 3 is 2.26 bits per heavy atom. The van der Waals surface area contributed by atoms with E-state index in [0.29, 0.717) is 0 Å². The monoisotopic (exact) mass is 327 g/mol. The van der Waals surface area contributed by atoms with Crippen LogP contribution in [0, 0.1) is 0 Å². The minimum atomic E-state index is -4.52. The largest absolute Gasteiger partial charge is 0.628 e. The molecule has 1 aliphatic heterocycles. The van der Waals surface area contributed by atoms with Crippen molar-refractivity contribution in [2.45, 2.75) is 6.18 Å². The summed E-state index contributed by atoms with van der Waals surface area (Å²) in [5.41, 5.74) is -0.953. The van der Waals surface area contributed by atoms with E-state index in [4.69, 9.17) is 9.31 Å². The van der Waals surface area contributed by atoms with Gasteiger partial charge in [-0.3, -0.25) is 14.5 Å². The summed E-state index contributed by atoms with van der Waals surface area (Å²) in [7, 11) is 0.183. The topological polar surface area (TPSA) is 55.8 Å². The highest BCUT2D eigenvalue weighted by atomic mass is 19.4. The maximum atomic E-state index is 12.9. The van der Waals surface area contributed by atoms with E-state index in [1.807, 2.05) is 0 Å². The highest BCUT2D eigenvalue weighted by Crippen LogP contribution is 2.32. The average Bonchev–Trinajstić information content (AvgIpc) is 2.42. The summed E-state index contributed by atoms with van der Waals surface area (Å²) in [6, 6.07) is 4.91. The molecule has 0 bridgehead atoms. The minimum absolute atomic E-state index is 0.113. The highest BCUT2D eigenvalue weighted by Gasteiger charge is 2.33. The number of hydrogen-bond donors (Lipinski definition) is 0. The van der Waals surface area contributed by atoms with Crippen LogP contribution in [-0.4, -0.2) is 44.1 Å². The van der Waals surface area contributed by atoms with Crippen LogP contribution < -0.4 is 0 Å². The Labute approximate surface area is 130 Å². The minimum Gasteiger partial charge on any atom is -0.495 e. The molecule has 1 aromatic carbocycles. The Kier molecular flexibility index (Phi) is 5.10. The van der Waals surface area contributed by atoms with Crippen molar-refractivity contribution in [1.82, 2.24) is 4.90 Å². The molecular weight excluding hydrogens is 314 g/mol.